The van der Waals surface area contributed by atoms with Gasteiger partial charge in [-0.2, -0.15) is 5.10 Å². The van der Waals surface area contributed by atoms with Crippen LogP contribution in [0.15, 0.2) is 30.6 Å². The van der Waals surface area contributed by atoms with Gasteiger partial charge in [0.25, 0.3) is 0 Å². The van der Waals surface area contributed by atoms with Gasteiger partial charge < -0.3 is 9.88 Å². The zero-order valence-corrected chi connectivity index (χ0v) is 14.4. The van der Waals surface area contributed by atoms with Crippen LogP contribution in [-0.4, -0.2) is 25.4 Å². The lowest BCUT2D eigenvalue weighted by atomic mass is 10.1. The van der Waals surface area contributed by atoms with E-state index in [4.69, 9.17) is 0 Å². The molecule has 5 heteroatoms. The minimum Gasteiger partial charge on any atom is -0.335 e. The topological polar surface area (TPSA) is 47.7 Å². The molecule has 3 rings (SSSR count). The van der Waals surface area contributed by atoms with Crippen LogP contribution in [0.5, 0.6) is 0 Å². The molecule has 2 heterocycles. The maximum atomic E-state index is 4.67. The van der Waals surface area contributed by atoms with Crippen molar-refractivity contribution in [2.75, 3.05) is 0 Å². The number of nitrogens with zero attached hydrogens (tertiary/aromatic N) is 4. The molecule has 0 bridgehead atoms. The molecule has 1 aromatic carbocycles. The van der Waals surface area contributed by atoms with Crippen molar-refractivity contribution in [2.24, 2.45) is 7.05 Å². The molecule has 2 aromatic heterocycles. The molecule has 0 aliphatic carbocycles. The van der Waals surface area contributed by atoms with E-state index in [2.05, 4.69) is 52.0 Å². The van der Waals surface area contributed by atoms with Gasteiger partial charge in [-0.1, -0.05) is 11.6 Å². The largest absolute Gasteiger partial charge is 0.335 e. The van der Waals surface area contributed by atoms with Gasteiger partial charge in [0.2, 0.25) is 0 Å². The van der Waals surface area contributed by atoms with Crippen LogP contribution in [0.25, 0.3) is 10.9 Å². The van der Waals surface area contributed by atoms with E-state index >= 15 is 0 Å². The molecule has 0 spiro atoms. The lowest BCUT2D eigenvalue weighted by Gasteiger charge is -2.14. The molecule has 122 valence electrons. The van der Waals surface area contributed by atoms with Gasteiger partial charge in [0.15, 0.2) is 0 Å². The summed E-state index contributed by atoms with van der Waals surface area (Å²) in [5, 5.41) is 9.51. The lowest BCUT2D eigenvalue weighted by Crippen LogP contribution is -2.27. The molecule has 0 fully saturated rings. The van der Waals surface area contributed by atoms with Gasteiger partial charge in [0.1, 0.15) is 5.82 Å². The van der Waals surface area contributed by atoms with E-state index in [0.29, 0.717) is 6.04 Å². The number of hydrogen-bond donors (Lipinski definition) is 1. The van der Waals surface area contributed by atoms with E-state index < -0.39 is 0 Å². The van der Waals surface area contributed by atoms with Gasteiger partial charge >= 0.3 is 0 Å². The highest BCUT2D eigenvalue weighted by molar-refractivity contribution is 5.82. The number of aryl methyl sites for hydroxylation is 4. The van der Waals surface area contributed by atoms with E-state index in [0.717, 1.165) is 31.0 Å². The second-order valence-corrected chi connectivity index (χ2v) is 6.33. The normalized spacial score (nSPS) is 12.9. The molecule has 1 N–H and O–H groups in total. The minimum absolute atomic E-state index is 0.429. The summed E-state index contributed by atoms with van der Waals surface area (Å²) in [6.45, 7) is 8.18. The number of aromatic nitrogens is 4. The van der Waals surface area contributed by atoms with Gasteiger partial charge in [0, 0.05) is 44.0 Å². The van der Waals surface area contributed by atoms with Crippen LogP contribution in [0.1, 0.15) is 30.4 Å². The van der Waals surface area contributed by atoms with Crippen molar-refractivity contribution >= 4 is 10.9 Å². The Labute approximate surface area is 137 Å². The molecule has 5 nitrogen and oxygen atoms in total. The Morgan fingerprint density at radius 1 is 1.26 bits per heavy atom. The molecule has 0 aliphatic rings. The molecule has 0 amide bonds. The van der Waals surface area contributed by atoms with Gasteiger partial charge in [-0.3, -0.25) is 4.68 Å². The fourth-order valence-electron chi connectivity index (χ4n) is 2.93. The Hall–Kier alpha value is -2.14. The van der Waals surface area contributed by atoms with Crippen LogP contribution in [0.2, 0.25) is 0 Å². The van der Waals surface area contributed by atoms with Crippen molar-refractivity contribution in [1.82, 2.24) is 24.6 Å². The Morgan fingerprint density at radius 2 is 2.09 bits per heavy atom. The summed E-state index contributed by atoms with van der Waals surface area (Å²) in [4.78, 5) is 4.26. The molecule has 0 aliphatic heterocycles. The van der Waals surface area contributed by atoms with Crippen LogP contribution in [0.4, 0.5) is 0 Å². The van der Waals surface area contributed by atoms with Crippen molar-refractivity contribution in [3.05, 3.63) is 47.7 Å². The molecule has 3 aromatic rings. The number of nitrogens with one attached hydrogen (secondary N) is 1. The predicted octanol–water partition coefficient (Wildman–Crippen LogP) is 2.96. The van der Waals surface area contributed by atoms with Crippen LogP contribution in [-0.2, 0) is 20.1 Å². The molecule has 0 saturated carbocycles. The molecule has 0 radical (unpaired) electrons. The first-order valence-electron chi connectivity index (χ1n) is 8.18. The lowest BCUT2D eigenvalue weighted by molar-refractivity contribution is 0.468. The maximum Gasteiger partial charge on any atom is 0.105 e. The van der Waals surface area contributed by atoms with Gasteiger partial charge in [-0.15, -0.1) is 0 Å². The number of imidazole rings is 1. The molecule has 0 saturated heterocycles. The summed E-state index contributed by atoms with van der Waals surface area (Å²) in [5.74, 6) is 1.07. The molecule has 0 unspecified atom stereocenters. The number of fused-ring (bicyclic) bond motifs is 1. The van der Waals surface area contributed by atoms with Crippen LogP contribution >= 0.6 is 0 Å². The first kappa shape index (κ1) is 15.7. The maximum absolute atomic E-state index is 4.67. The van der Waals surface area contributed by atoms with Crippen molar-refractivity contribution < 1.29 is 0 Å². The second kappa shape index (κ2) is 6.54. The summed E-state index contributed by atoms with van der Waals surface area (Å²) >= 11 is 0. The fourth-order valence-corrected chi connectivity index (χ4v) is 2.93. The van der Waals surface area contributed by atoms with Crippen molar-refractivity contribution in [3.8, 4) is 0 Å². The number of hydrogen-bond acceptors (Lipinski definition) is 3. The SMILES string of the molecule is Cc1ccc2c(c1)c(CN[C@H](C)CCn1ccnc1C)nn2C. The zero-order chi connectivity index (χ0) is 16.4. The highest BCUT2D eigenvalue weighted by atomic mass is 15.3. The Kier molecular flexibility index (Phi) is 4.48. The summed E-state index contributed by atoms with van der Waals surface area (Å²) in [6.07, 6.45) is 4.97. The Bertz CT molecular complexity index is 799. The Balaban J connectivity index is 1.62. The fraction of sp³-hybridized carbons (Fsp3) is 0.444. The average molecular weight is 311 g/mol. The summed E-state index contributed by atoms with van der Waals surface area (Å²) in [6, 6.07) is 6.93. The standard InChI is InChI=1S/C18H25N5/c1-13-5-6-18-16(11-13)17(21-22(18)4)12-20-14(2)7-9-23-10-8-19-15(23)3/h5-6,8,10-11,14,20H,7,9,12H2,1-4H3/t14-/m1/s1. The zero-order valence-electron chi connectivity index (χ0n) is 14.4. The van der Waals surface area contributed by atoms with Crippen LogP contribution in [0, 0.1) is 13.8 Å². The first-order chi connectivity index (χ1) is 11.0. The van der Waals surface area contributed by atoms with E-state index in [1.807, 2.05) is 31.0 Å². The number of rotatable bonds is 6. The quantitative estimate of drug-likeness (QED) is 0.761. The van der Waals surface area contributed by atoms with Crippen molar-refractivity contribution in [2.45, 2.75) is 46.3 Å². The predicted molar refractivity (Wildman–Crippen MR) is 93.3 cm³/mol. The van der Waals surface area contributed by atoms with Crippen LogP contribution < -0.4 is 5.32 Å². The minimum atomic E-state index is 0.429. The third-order valence-electron chi connectivity index (χ3n) is 4.43. The van der Waals surface area contributed by atoms with E-state index in [-0.39, 0.29) is 0 Å². The van der Waals surface area contributed by atoms with Gasteiger partial charge in [0.05, 0.1) is 11.2 Å². The van der Waals surface area contributed by atoms with Crippen molar-refractivity contribution in [3.63, 3.8) is 0 Å². The average Bonchev–Trinajstić information content (AvgIpc) is 3.06. The van der Waals surface area contributed by atoms with Gasteiger partial charge in [-0.25, -0.2) is 4.98 Å². The second-order valence-electron chi connectivity index (χ2n) is 6.33. The highest BCUT2D eigenvalue weighted by Gasteiger charge is 2.10. The molecular weight excluding hydrogens is 286 g/mol. The molecule has 1 atom stereocenters. The highest BCUT2D eigenvalue weighted by Crippen LogP contribution is 2.19. The van der Waals surface area contributed by atoms with E-state index in [1.54, 1.807) is 0 Å². The summed E-state index contributed by atoms with van der Waals surface area (Å²) < 4.78 is 4.16. The van der Waals surface area contributed by atoms with Crippen molar-refractivity contribution in [1.29, 1.82) is 0 Å². The molecular formula is C18H25N5. The summed E-state index contributed by atoms with van der Waals surface area (Å²) in [7, 11) is 2.01. The van der Waals surface area contributed by atoms with E-state index in [1.165, 1.54) is 16.5 Å². The first-order valence-corrected chi connectivity index (χ1v) is 8.18. The van der Waals surface area contributed by atoms with Gasteiger partial charge in [-0.05, 0) is 39.3 Å². The van der Waals surface area contributed by atoms with Crippen LogP contribution in [0.3, 0.4) is 0 Å². The summed E-state index contributed by atoms with van der Waals surface area (Å²) in [5.41, 5.74) is 3.58. The third-order valence-corrected chi connectivity index (χ3v) is 4.43. The smallest absolute Gasteiger partial charge is 0.105 e. The number of benzene rings is 1. The van der Waals surface area contributed by atoms with E-state index in [9.17, 15) is 0 Å². The third kappa shape index (κ3) is 3.45. The Morgan fingerprint density at radius 3 is 2.83 bits per heavy atom. The molecule has 23 heavy (non-hydrogen) atoms. The monoisotopic (exact) mass is 311 g/mol.